The Morgan fingerprint density at radius 1 is 1.47 bits per heavy atom. The maximum absolute atomic E-state index is 11.0. The van der Waals surface area contributed by atoms with Crippen LogP contribution in [0.2, 0.25) is 0 Å². The molecule has 19 heavy (non-hydrogen) atoms. The summed E-state index contributed by atoms with van der Waals surface area (Å²) in [6.07, 6.45) is 2.83. The second-order valence-electron chi connectivity index (χ2n) is 4.25. The van der Waals surface area contributed by atoms with Crippen LogP contribution in [0, 0.1) is 10.1 Å². The Balaban J connectivity index is 2.54. The SMILES string of the molecule is CNc1ncc([N+](=O)[O-])c(-n2ccc(C(C)C)n2)n1. The van der Waals surface area contributed by atoms with Gasteiger partial charge in [0.15, 0.2) is 0 Å². The lowest BCUT2D eigenvalue weighted by atomic mass is 10.1. The van der Waals surface area contributed by atoms with Crippen LogP contribution in [0.25, 0.3) is 5.82 Å². The molecule has 0 saturated heterocycles. The van der Waals surface area contributed by atoms with Crippen molar-refractivity contribution in [2.24, 2.45) is 0 Å². The van der Waals surface area contributed by atoms with E-state index in [0.29, 0.717) is 5.95 Å². The van der Waals surface area contributed by atoms with E-state index in [4.69, 9.17) is 0 Å². The fourth-order valence-corrected chi connectivity index (χ4v) is 1.55. The summed E-state index contributed by atoms with van der Waals surface area (Å²) in [5, 5.41) is 18.0. The lowest BCUT2D eigenvalue weighted by Crippen LogP contribution is -2.08. The fourth-order valence-electron chi connectivity index (χ4n) is 1.55. The number of hydrogen-bond donors (Lipinski definition) is 1. The molecule has 0 aliphatic carbocycles. The van der Waals surface area contributed by atoms with Crippen LogP contribution in [-0.4, -0.2) is 31.7 Å². The zero-order valence-electron chi connectivity index (χ0n) is 10.9. The van der Waals surface area contributed by atoms with Crippen LogP contribution in [0.3, 0.4) is 0 Å². The molecule has 0 bridgehead atoms. The first-order valence-corrected chi connectivity index (χ1v) is 5.78. The van der Waals surface area contributed by atoms with E-state index >= 15 is 0 Å². The van der Waals surface area contributed by atoms with Gasteiger partial charge in [-0.3, -0.25) is 10.1 Å². The summed E-state index contributed by atoms with van der Waals surface area (Å²) in [5.41, 5.74) is 0.663. The van der Waals surface area contributed by atoms with Gasteiger partial charge in [0.25, 0.3) is 0 Å². The van der Waals surface area contributed by atoms with Crippen LogP contribution in [0.4, 0.5) is 11.6 Å². The normalized spacial score (nSPS) is 10.7. The molecule has 8 heteroatoms. The van der Waals surface area contributed by atoms with Gasteiger partial charge in [-0.15, -0.1) is 0 Å². The van der Waals surface area contributed by atoms with Crippen molar-refractivity contribution in [3.8, 4) is 5.82 Å². The zero-order chi connectivity index (χ0) is 14.0. The van der Waals surface area contributed by atoms with E-state index in [1.54, 1.807) is 13.2 Å². The van der Waals surface area contributed by atoms with Crippen LogP contribution in [0.5, 0.6) is 0 Å². The van der Waals surface area contributed by atoms with Crippen LogP contribution < -0.4 is 5.32 Å². The highest BCUT2D eigenvalue weighted by Gasteiger charge is 2.20. The molecule has 2 aromatic rings. The Kier molecular flexibility index (Phi) is 3.41. The number of nitro groups is 1. The molecule has 0 atom stereocenters. The Morgan fingerprint density at radius 2 is 2.21 bits per heavy atom. The molecule has 2 heterocycles. The van der Waals surface area contributed by atoms with Crippen molar-refractivity contribution in [3.63, 3.8) is 0 Å². The molecule has 0 aromatic carbocycles. The van der Waals surface area contributed by atoms with Crippen LogP contribution in [0.1, 0.15) is 25.5 Å². The summed E-state index contributed by atoms with van der Waals surface area (Å²) in [4.78, 5) is 18.4. The Bertz CT molecular complexity index is 607. The molecule has 0 spiro atoms. The number of nitrogens with zero attached hydrogens (tertiary/aromatic N) is 5. The summed E-state index contributed by atoms with van der Waals surface area (Å²) < 4.78 is 1.40. The number of anilines is 1. The predicted octanol–water partition coefficient (Wildman–Crippen LogP) is 1.74. The molecule has 1 N–H and O–H groups in total. The van der Waals surface area contributed by atoms with Crippen molar-refractivity contribution in [1.29, 1.82) is 0 Å². The molecule has 0 unspecified atom stereocenters. The standard InChI is InChI=1S/C11H14N6O2/c1-7(2)8-4-5-16(15-8)10-9(17(18)19)6-13-11(12-3)14-10/h4-7H,1-3H3,(H,12,13,14). The lowest BCUT2D eigenvalue weighted by molar-refractivity contribution is -0.385. The van der Waals surface area contributed by atoms with Gasteiger partial charge in [-0.1, -0.05) is 13.8 Å². The number of rotatable bonds is 4. The van der Waals surface area contributed by atoms with Crippen LogP contribution in [0.15, 0.2) is 18.5 Å². The monoisotopic (exact) mass is 262 g/mol. The van der Waals surface area contributed by atoms with Gasteiger partial charge in [-0.05, 0) is 12.0 Å². The van der Waals surface area contributed by atoms with E-state index < -0.39 is 4.92 Å². The van der Waals surface area contributed by atoms with Gasteiger partial charge in [-0.2, -0.15) is 10.1 Å². The van der Waals surface area contributed by atoms with Crippen molar-refractivity contribution in [3.05, 3.63) is 34.3 Å². The van der Waals surface area contributed by atoms with Gasteiger partial charge < -0.3 is 5.32 Å². The van der Waals surface area contributed by atoms with Crippen molar-refractivity contribution >= 4 is 11.6 Å². The highest BCUT2D eigenvalue weighted by molar-refractivity contribution is 5.48. The molecule has 0 aliphatic rings. The minimum atomic E-state index is -0.522. The van der Waals surface area contributed by atoms with Gasteiger partial charge in [0, 0.05) is 13.2 Å². The molecular weight excluding hydrogens is 248 g/mol. The topological polar surface area (TPSA) is 98.8 Å². The molecule has 0 amide bonds. The van der Waals surface area contributed by atoms with Crippen molar-refractivity contribution in [2.75, 3.05) is 12.4 Å². The maximum atomic E-state index is 11.0. The third kappa shape index (κ3) is 2.51. The van der Waals surface area contributed by atoms with Crippen molar-refractivity contribution in [1.82, 2.24) is 19.7 Å². The Morgan fingerprint density at radius 3 is 2.74 bits per heavy atom. The molecule has 2 rings (SSSR count). The molecule has 0 aliphatic heterocycles. The minimum absolute atomic E-state index is 0.149. The summed E-state index contributed by atoms with van der Waals surface area (Å²) in [5.74, 6) is 0.698. The van der Waals surface area contributed by atoms with E-state index in [-0.39, 0.29) is 17.4 Å². The van der Waals surface area contributed by atoms with Crippen LogP contribution in [-0.2, 0) is 0 Å². The number of nitrogens with one attached hydrogen (secondary N) is 1. The zero-order valence-corrected chi connectivity index (χ0v) is 10.9. The molecule has 8 nitrogen and oxygen atoms in total. The molecule has 0 saturated carbocycles. The summed E-state index contributed by atoms with van der Waals surface area (Å²) in [6.45, 7) is 4.00. The van der Waals surface area contributed by atoms with Gasteiger partial charge in [0.05, 0.1) is 10.6 Å². The average Bonchev–Trinajstić information content (AvgIpc) is 2.87. The second-order valence-corrected chi connectivity index (χ2v) is 4.25. The first-order chi connectivity index (χ1) is 9.02. The maximum Gasteiger partial charge on any atom is 0.332 e. The van der Waals surface area contributed by atoms with Gasteiger partial charge >= 0.3 is 5.69 Å². The lowest BCUT2D eigenvalue weighted by Gasteiger charge is -2.04. The predicted molar refractivity (Wildman–Crippen MR) is 69.4 cm³/mol. The third-order valence-corrected chi connectivity index (χ3v) is 2.59. The quantitative estimate of drug-likeness (QED) is 0.665. The number of hydrogen-bond acceptors (Lipinski definition) is 6. The second kappa shape index (κ2) is 5.01. The fraction of sp³-hybridized carbons (Fsp3) is 0.364. The highest BCUT2D eigenvalue weighted by atomic mass is 16.6. The molecule has 2 aromatic heterocycles. The van der Waals surface area contributed by atoms with E-state index in [2.05, 4.69) is 20.4 Å². The van der Waals surface area contributed by atoms with E-state index in [0.717, 1.165) is 5.69 Å². The van der Waals surface area contributed by atoms with Crippen molar-refractivity contribution < 1.29 is 4.92 Å². The Hall–Kier alpha value is -2.51. The van der Waals surface area contributed by atoms with E-state index in [9.17, 15) is 10.1 Å². The largest absolute Gasteiger partial charge is 0.357 e. The smallest absolute Gasteiger partial charge is 0.332 e. The van der Waals surface area contributed by atoms with Crippen molar-refractivity contribution in [2.45, 2.75) is 19.8 Å². The first-order valence-electron chi connectivity index (χ1n) is 5.78. The Labute approximate surface area is 109 Å². The third-order valence-electron chi connectivity index (χ3n) is 2.59. The van der Waals surface area contributed by atoms with Gasteiger partial charge in [0.1, 0.15) is 6.20 Å². The van der Waals surface area contributed by atoms with Gasteiger partial charge in [0.2, 0.25) is 11.8 Å². The van der Waals surface area contributed by atoms with Crippen LogP contribution >= 0.6 is 0 Å². The summed E-state index contributed by atoms with van der Waals surface area (Å²) in [6, 6.07) is 1.82. The highest BCUT2D eigenvalue weighted by Crippen LogP contribution is 2.21. The molecular formula is C11H14N6O2. The van der Waals surface area contributed by atoms with E-state index in [1.807, 2.05) is 19.9 Å². The van der Waals surface area contributed by atoms with E-state index in [1.165, 1.54) is 10.9 Å². The molecule has 100 valence electrons. The molecule has 0 radical (unpaired) electrons. The average molecular weight is 262 g/mol. The minimum Gasteiger partial charge on any atom is -0.357 e. The summed E-state index contributed by atoms with van der Waals surface area (Å²) in [7, 11) is 1.65. The first kappa shape index (κ1) is 12.9. The summed E-state index contributed by atoms with van der Waals surface area (Å²) >= 11 is 0. The molecule has 0 fully saturated rings. The van der Waals surface area contributed by atoms with Gasteiger partial charge in [-0.25, -0.2) is 9.67 Å². The number of aromatic nitrogens is 4.